The molecule has 116 valence electrons. The minimum absolute atomic E-state index is 0.120. The Morgan fingerprint density at radius 3 is 2.26 bits per heavy atom. The monoisotopic (exact) mass is 308 g/mol. The van der Waals surface area contributed by atoms with Gasteiger partial charge in [0.25, 0.3) is 5.91 Å². The van der Waals surface area contributed by atoms with Crippen molar-refractivity contribution in [3.63, 3.8) is 0 Å². The minimum atomic E-state index is -0.501. The molecule has 0 saturated heterocycles. The van der Waals surface area contributed by atoms with E-state index in [1.54, 1.807) is 63.5 Å². The van der Waals surface area contributed by atoms with Gasteiger partial charge in [0.2, 0.25) is 0 Å². The number of hydrogen-bond acceptors (Lipinski definition) is 4. The first-order valence-electron chi connectivity index (χ1n) is 6.97. The van der Waals surface area contributed by atoms with Crippen LogP contribution in [0.25, 0.3) is 0 Å². The average Bonchev–Trinajstić information content (AvgIpc) is 2.54. The van der Waals surface area contributed by atoms with Gasteiger partial charge in [0.1, 0.15) is 5.75 Å². The Bertz CT molecular complexity index is 787. The minimum Gasteiger partial charge on any atom is -0.423 e. The van der Waals surface area contributed by atoms with E-state index in [1.807, 2.05) is 6.07 Å². The van der Waals surface area contributed by atoms with E-state index in [2.05, 4.69) is 0 Å². The van der Waals surface area contributed by atoms with Crippen LogP contribution in [0.5, 0.6) is 5.75 Å². The summed E-state index contributed by atoms with van der Waals surface area (Å²) in [5, 5.41) is 8.84. The lowest BCUT2D eigenvalue weighted by Gasteiger charge is -2.11. The molecule has 1 amide bonds. The number of nitriles is 1. The van der Waals surface area contributed by atoms with Gasteiger partial charge >= 0.3 is 5.97 Å². The molecule has 0 heterocycles. The number of rotatable bonds is 3. The molecule has 2 rings (SSSR count). The predicted molar refractivity (Wildman–Crippen MR) is 85.3 cm³/mol. The maximum atomic E-state index is 12.2. The van der Waals surface area contributed by atoms with Crippen molar-refractivity contribution in [1.82, 2.24) is 4.90 Å². The second-order valence-corrected chi connectivity index (χ2v) is 5.25. The molecule has 0 radical (unpaired) electrons. The third-order valence-electron chi connectivity index (χ3n) is 3.29. The first kappa shape index (κ1) is 16.2. The molecule has 0 spiro atoms. The largest absolute Gasteiger partial charge is 0.423 e. The number of ether oxygens (including phenoxy) is 1. The van der Waals surface area contributed by atoms with Gasteiger partial charge in [0, 0.05) is 19.7 Å². The zero-order valence-electron chi connectivity index (χ0n) is 13.2. The molecule has 5 heteroatoms. The summed E-state index contributed by atoms with van der Waals surface area (Å²) in [4.78, 5) is 25.5. The third-order valence-corrected chi connectivity index (χ3v) is 3.29. The second-order valence-electron chi connectivity index (χ2n) is 5.25. The maximum Gasteiger partial charge on any atom is 0.343 e. The van der Waals surface area contributed by atoms with E-state index in [9.17, 15) is 9.59 Å². The van der Waals surface area contributed by atoms with E-state index >= 15 is 0 Å². The Kier molecular flexibility index (Phi) is 4.77. The molecule has 2 aromatic carbocycles. The fourth-order valence-electron chi connectivity index (χ4n) is 2.05. The van der Waals surface area contributed by atoms with Gasteiger partial charge in [0.15, 0.2) is 0 Å². The standard InChI is InChI=1S/C18H16N2O3/c1-12-10-13(11-19)4-9-16(12)18(22)23-15-7-5-14(6-8-15)17(21)20(2)3/h4-10H,1-3H3. The molecule has 0 unspecified atom stereocenters. The third kappa shape index (κ3) is 3.74. The van der Waals surface area contributed by atoms with Gasteiger partial charge in [-0.15, -0.1) is 0 Å². The summed E-state index contributed by atoms with van der Waals surface area (Å²) >= 11 is 0. The molecule has 0 saturated carbocycles. The van der Waals surface area contributed by atoms with Crippen LogP contribution in [0, 0.1) is 18.3 Å². The summed E-state index contributed by atoms with van der Waals surface area (Å²) in [6.45, 7) is 1.75. The number of esters is 1. The SMILES string of the molecule is Cc1cc(C#N)ccc1C(=O)Oc1ccc(C(=O)N(C)C)cc1. The number of amides is 1. The van der Waals surface area contributed by atoms with Crippen LogP contribution in [0.4, 0.5) is 0 Å². The van der Waals surface area contributed by atoms with Crippen molar-refractivity contribution in [3.05, 3.63) is 64.7 Å². The molecular formula is C18H16N2O3. The summed E-state index contributed by atoms with van der Waals surface area (Å²) < 4.78 is 5.30. The number of benzene rings is 2. The first-order valence-corrected chi connectivity index (χ1v) is 6.97. The van der Waals surface area contributed by atoms with Crippen molar-refractivity contribution >= 4 is 11.9 Å². The lowest BCUT2D eigenvalue weighted by atomic mass is 10.1. The molecule has 0 aromatic heterocycles. The molecule has 0 fully saturated rings. The maximum absolute atomic E-state index is 12.2. The van der Waals surface area contributed by atoms with Gasteiger partial charge in [-0.2, -0.15) is 5.26 Å². The number of aryl methyl sites for hydroxylation is 1. The Hall–Kier alpha value is -3.13. The van der Waals surface area contributed by atoms with E-state index in [0.717, 1.165) is 0 Å². The van der Waals surface area contributed by atoms with Gasteiger partial charge < -0.3 is 9.64 Å². The Balaban J connectivity index is 2.15. The van der Waals surface area contributed by atoms with Crippen molar-refractivity contribution in [2.45, 2.75) is 6.92 Å². The van der Waals surface area contributed by atoms with Crippen LogP contribution in [-0.2, 0) is 0 Å². The Labute approximate surface area is 134 Å². The molecule has 5 nitrogen and oxygen atoms in total. The van der Waals surface area contributed by atoms with Gasteiger partial charge in [-0.25, -0.2) is 4.79 Å². The van der Waals surface area contributed by atoms with Crippen LogP contribution < -0.4 is 4.74 Å². The lowest BCUT2D eigenvalue weighted by Crippen LogP contribution is -2.21. The number of hydrogen-bond donors (Lipinski definition) is 0. The van der Waals surface area contributed by atoms with Gasteiger partial charge in [-0.1, -0.05) is 0 Å². The predicted octanol–water partition coefficient (Wildman–Crippen LogP) is 2.79. The summed E-state index contributed by atoms with van der Waals surface area (Å²) in [7, 11) is 3.34. The molecule has 0 aliphatic carbocycles. The first-order chi connectivity index (χ1) is 10.9. The zero-order valence-corrected chi connectivity index (χ0v) is 13.2. The van der Waals surface area contributed by atoms with Crippen LogP contribution in [0.3, 0.4) is 0 Å². The average molecular weight is 308 g/mol. The van der Waals surface area contributed by atoms with E-state index in [-0.39, 0.29) is 5.91 Å². The molecule has 23 heavy (non-hydrogen) atoms. The molecular weight excluding hydrogens is 292 g/mol. The van der Waals surface area contributed by atoms with Crippen LogP contribution in [0.1, 0.15) is 31.8 Å². The molecule has 0 atom stereocenters. The Morgan fingerprint density at radius 2 is 1.74 bits per heavy atom. The van der Waals surface area contributed by atoms with Crippen LogP contribution in [-0.4, -0.2) is 30.9 Å². The van der Waals surface area contributed by atoms with Gasteiger partial charge in [-0.3, -0.25) is 4.79 Å². The molecule has 2 aromatic rings. The highest BCUT2D eigenvalue weighted by molar-refractivity contribution is 5.95. The van der Waals surface area contributed by atoms with Gasteiger partial charge in [-0.05, 0) is 55.0 Å². The van der Waals surface area contributed by atoms with Crippen LogP contribution in [0.2, 0.25) is 0 Å². The topological polar surface area (TPSA) is 70.4 Å². The van der Waals surface area contributed by atoms with Crippen molar-refractivity contribution in [2.75, 3.05) is 14.1 Å². The lowest BCUT2D eigenvalue weighted by molar-refractivity contribution is 0.0734. The van der Waals surface area contributed by atoms with Crippen molar-refractivity contribution in [1.29, 1.82) is 5.26 Å². The second kappa shape index (κ2) is 6.75. The summed E-state index contributed by atoms with van der Waals surface area (Å²) in [5.41, 5.74) is 2.08. The van der Waals surface area contributed by atoms with Crippen molar-refractivity contribution in [2.24, 2.45) is 0 Å². The van der Waals surface area contributed by atoms with Crippen molar-refractivity contribution < 1.29 is 14.3 Å². The van der Waals surface area contributed by atoms with Gasteiger partial charge in [0.05, 0.1) is 17.2 Å². The summed E-state index contributed by atoms with van der Waals surface area (Å²) in [6, 6.07) is 13.2. The molecule has 0 aliphatic rings. The van der Waals surface area contributed by atoms with Crippen LogP contribution >= 0.6 is 0 Å². The zero-order chi connectivity index (χ0) is 17.0. The Morgan fingerprint density at radius 1 is 1.09 bits per heavy atom. The quantitative estimate of drug-likeness (QED) is 0.646. The summed E-state index contributed by atoms with van der Waals surface area (Å²) in [6.07, 6.45) is 0. The summed E-state index contributed by atoms with van der Waals surface area (Å²) in [5.74, 6) is -0.265. The highest BCUT2D eigenvalue weighted by atomic mass is 16.5. The molecule has 0 bridgehead atoms. The number of carbonyl (C=O) groups is 2. The number of nitrogens with zero attached hydrogens (tertiary/aromatic N) is 2. The van der Waals surface area contributed by atoms with E-state index in [0.29, 0.717) is 28.0 Å². The molecule has 0 N–H and O–H groups in total. The fourth-order valence-corrected chi connectivity index (χ4v) is 2.05. The smallest absolute Gasteiger partial charge is 0.343 e. The molecule has 0 aliphatic heterocycles. The van der Waals surface area contributed by atoms with Crippen LogP contribution in [0.15, 0.2) is 42.5 Å². The van der Waals surface area contributed by atoms with E-state index in [4.69, 9.17) is 10.00 Å². The number of carbonyl (C=O) groups excluding carboxylic acids is 2. The van der Waals surface area contributed by atoms with E-state index in [1.165, 1.54) is 4.90 Å². The highest BCUT2D eigenvalue weighted by Gasteiger charge is 2.13. The van der Waals surface area contributed by atoms with E-state index < -0.39 is 5.97 Å². The fraction of sp³-hybridized carbons (Fsp3) is 0.167. The van der Waals surface area contributed by atoms with Crippen molar-refractivity contribution in [3.8, 4) is 11.8 Å². The highest BCUT2D eigenvalue weighted by Crippen LogP contribution is 2.17. The normalized spacial score (nSPS) is 9.83.